The molecule has 6 aromatic heterocycles. The lowest BCUT2D eigenvalue weighted by molar-refractivity contribution is 0.672. The Hall–Kier alpha value is -16.6. The van der Waals surface area contributed by atoms with Crippen molar-refractivity contribution in [2.45, 2.75) is 0 Å². The van der Waals surface area contributed by atoms with Gasteiger partial charge in [-0.1, -0.05) is 376 Å². The Kier molecular flexibility index (Phi) is 17.3. The Morgan fingerprint density at radius 1 is 0.156 bits per heavy atom. The zero-order valence-electron chi connectivity index (χ0n) is 65.7. The molecule has 0 amide bonds. The number of para-hydroxylation sites is 2. The molecule has 0 saturated carbocycles. The van der Waals surface area contributed by atoms with Crippen LogP contribution in [0, 0.1) is 0 Å². The minimum atomic E-state index is 0.587. The van der Waals surface area contributed by atoms with Gasteiger partial charge in [-0.2, -0.15) is 0 Å². The predicted octanol–water partition coefficient (Wildman–Crippen LogP) is 29.3. The maximum atomic E-state index is 6.89. The first-order valence-corrected chi connectivity index (χ1v) is 40.9. The lowest BCUT2D eigenvalue weighted by Gasteiger charge is -2.14. The number of rotatable bonds is 12. The molecule has 10 nitrogen and oxygen atoms in total. The Labute approximate surface area is 700 Å². The number of aromatic nitrogens is 8. The molecule has 6 heterocycles. The predicted molar refractivity (Wildman–Crippen MR) is 500 cm³/mol. The molecule has 0 spiro atoms. The summed E-state index contributed by atoms with van der Waals surface area (Å²) < 4.78 is 13.7. The van der Waals surface area contributed by atoms with Gasteiger partial charge in [-0.3, -0.25) is 0 Å². The Morgan fingerprint density at radius 2 is 0.410 bits per heavy atom. The van der Waals surface area contributed by atoms with Crippen LogP contribution >= 0.6 is 0 Å². The van der Waals surface area contributed by atoms with Crippen molar-refractivity contribution in [1.82, 2.24) is 39.9 Å². The number of fused-ring (bicyclic) bond motifs is 16. The van der Waals surface area contributed by atoms with Gasteiger partial charge in [0.1, 0.15) is 22.3 Å². The van der Waals surface area contributed by atoms with Crippen LogP contribution in [0.4, 0.5) is 0 Å². The highest BCUT2D eigenvalue weighted by Crippen LogP contribution is 2.49. The van der Waals surface area contributed by atoms with Gasteiger partial charge >= 0.3 is 0 Å². The van der Waals surface area contributed by atoms with Crippen molar-refractivity contribution in [3.63, 3.8) is 0 Å². The molecule has 0 unspecified atom stereocenters. The first-order chi connectivity index (χ1) is 60.5. The number of pyridine rings is 2. The van der Waals surface area contributed by atoms with Crippen LogP contribution < -0.4 is 0 Å². The van der Waals surface area contributed by atoms with Crippen LogP contribution in [0.5, 0.6) is 0 Å². The largest absolute Gasteiger partial charge is 0.455 e. The van der Waals surface area contributed by atoms with Crippen molar-refractivity contribution in [2.75, 3.05) is 0 Å². The fourth-order valence-electron chi connectivity index (χ4n) is 17.6. The third kappa shape index (κ3) is 12.6. The normalized spacial score (nSPS) is 11.6. The summed E-state index contributed by atoms with van der Waals surface area (Å²) >= 11 is 0. The van der Waals surface area contributed by atoms with Gasteiger partial charge in [0.15, 0.2) is 34.9 Å². The molecule has 568 valence electrons. The van der Waals surface area contributed by atoms with Crippen molar-refractivity contribution in [3.8, 4) is 135 Å². The summed E-state index contributed by atoms with van der Waals surface area (Å²) in [7, 11) is 0. The molecule has 0 aliphatic heterocycles. The van der Waals surface area contributed by atoms with Crippen LogP contribution in [0.15, 0.2) is 421 Å². The molecule has 0 aliphatic rings. The topological polar surface area (TPSA) is 129 Å². The van der Waals surface area contributed by atoms with E-state index in [4.69, 9.17) is 48.7 Å². The maximum Gasteiger partial charge on any atom is 0.164 e. The molecule has 122 heavy (non-hydrogen) atoms. The number of hydrogen-bond donors (Lipinski definition) is 0. The minimum Gasteiger partial charge on any atom is -0.455 e. The minimum absolute atomic E-state index is 0.587. The molecule has 24 aromatic rings. The second-order valence-corrected chi connectivity index (χ2v) is 30.7. The number of benzene rings is 18. The van der Waals surface area contributed by atoms with Gasteiger partial charge in [0.05, 0.1) is 44.0 Å². The van der Waals surface area contributed by atoms with Crippen LogP contribution in [0.3, 0.4) is 0 Å². The summed E-state index contributed by atoms with van der Waals surface area (Å²) in [5.74, 6) is 3.67. The third-order valence-electron chi connectivity index (χ3n) is 23.5. The lowest BCUT2D eigenvalue weighted by Crippen LogP contribution is -2.00. The average Bonchev–Trinajstić information content (AvgIpc) is 1.49. The Bertz CT molecular complexity index is 8050. The van der Waals surface area contributed by atoms with Gasteiger partial charge in [0.25, 0.3) is 0 Å². The van der Waals surface area contributed by atoms with E-state index in [2.05, 4.69) is 315 Å². The van der Waals surface area contributed by atoms with E-state index in [-0.39, 0.29) is 0 Å². The molecule has 10 heteroatoms. The second kappa shape index (κ2) is 29.9. The zero-order chi connectivity index (χ0) is 80.6. The van der Waals surface area contributed by atoms with Crippen LogP contribution in [-0.2, 0) is 0 Å². The fourth-order valence-corrected chi connectivity index (χ4v) is 17.6. The van der Waals surface area contributed by atoms with Crippen molar-refractivity contribution in [3.05, 3.63) is 413 Å². The quantitative estimate of drug-likeness (QED) is 0.109. The number of hydrogen-bond acceptors (Lipinski definition) is 10. The molecule has 0 saturated heterocycles. The molecular formula is C112H68N8O2. The van der Waals surface area contributed by atoms with E-state index in [1.54, 1.807) is 0 Å². The van der Waals surface area contributed by atoms with Gasteiger partial charge in [-0.15, -0.1) is 0 Å². The van der Waals surface area contributed by atoms with E-state index in [1.807, 2.05) is 97.1 Å². The molecule has 0 bridgehead atoms. The Morgan fingerprint density at radius 3 is 0.754 bits per heavy atom. The lowest BCUT2D eigenvalue weighted by atomic mass is 9.90. The molecule has 18 aromatic carbocycles. The smallest absolute Gasteiger partial charge is 0.164 e. The van der Waals surface area contributed by atoms with Gasteiger partial charge in [-0.05, 0) is 124 Å². The summed E-state index contributed by atoms with van der Waals surface area (Å²) in [4.78, 5) is 41.0. The Balaban J connectivity index is 0.000000144. The monoisotopic (exact) mass is 1560 g/mol. The SMILES string of the molecule is c1ccc(-c2ccc(-c3nc(-c4ccc(-c5ccccc5)cc4)nc(-c4ccc(-c5nc6cccc(-c7cc8ccccc8c8ccccc78)c6c6oc7ccccc7c56)cc4)n3)cc2)cc1.c1ccc(-c2nc(-c3ccccc3)nc(-c3ccc(-c4nc5cccc(-c6cc7ccccc7c7ccccc67)c5c5oc6ccccc6c45)cc3)n2)cc1. The summed E-state index contributed by atoms with van der Waals surface area (Å²) in [5.41, 5.74) is 23.2. The van der Waals surface area contributed by atoms with E-state index in [0.29, 0.717) is 34.9 Å². The van der Waals surface area contributed by atoms with Crippen LogP contribution in [0.2, 0.25) is 0 Å². The van der Waals surface area contributed by atoms with E-state index < -0.39 is 0 Å². The third-order valence-corrected chi connectivity index (χ3v) is 23.5. The van der Waals surface area contributed by atoms with Crippen molar-refractivity contribution in [1.29, 1.82) is 0 Å². The fraction of sp³-hybridized carbons (Fsp3) is 0. The molecular weight excluding hydrogens is 1490 g/mol. The highest BCUT2D eigenvalue weighted by atomic mass is 16.3. The van der Waals surface area contributed by atoms with E-state index in [9.17, 15) is 0 Å². The van der Waals surface area contributed by atoms with E-state index in [1.165, 1.54) is 43.1 Å². The van der Waals surface area contributed by atoms with E-state index >= 15 is 0 Å². The van der Waals surface area contributed by atoms with Crippen molar-refractivity contribution in [2.24, 2.45) is 0 Å². The summed E-state index contributed by atoms with van der Waals surface area (Å²) in [6, 6.07) is 143. The van der Waals surface area contributed by atoms with Gasteiger partial charge < -0.3 is 8.83 Å². The van der Waals surface area contributed by atoms with Crippen LogP contribution in [-0.4, -0.2) is 39.9 Å². The molecule has 24 rings (SSSR count). The van der Waals surface area contributed by atoms with Gasteiger partial charge in [0.2, 0.25) is 0 Å². The first kappa shape index (κ1) is 70.8. The molecule has 0 N–H and O–H groups in total. The maximum absolute atomic E-state index is 6.89. The average molecular weight is 1560 g/mol. The second-order valence-electron chi connectivity index (χ2n) is 30.7. The molecule has 0 radical (unpaired) electrons. The van der Waals surface area contributed by atoms with Crippen molar-refractivity contribution >= 4 is 109 Å². The summed E-state index contributed by atoms with van der Waals surface area (Å²) in [5, 5.41) is 15.7. The highest BCUT2D eigenvalue weighted by molar-refractivity contribution is 6.27. The standard InChI is InChI=1S/C62H38N4O.C50H30N4O/c1-3-14-39(15-4-1)41-26-32-44(33-27-41)60-64-61(45-34-28-42(29-35-45)40-16-5-2-6-17-40)66-62(65-60)46-36-30-43(31-37-46)58-57-52-22-11-12-25-55(52)67-59(57)56-51(23-13-24-54(56)63-58)53-38-47-18-7-8-19-48(47)49-20-9-10-21-50(49)53;1-3-14-32(15-4-1)48-52-49(33-16-5-2-6-17-33)54-50(53-48)34-28-26-31(27-29-34)46-45-40-22-11-12-25-43(40)55-47(45)44-39(23-13-24-42(44)51-46)41-30-35-18-7-8-19-36(35)37-20-9-10-21-38(37)41/h1-38H;1-30H. The molecule has 0 fully saturated rings. The summed E-state index contributed by atoms with van der Waals surface area (Å²) in [6.45, 7) is 0. The number of furan rings is 2. The molecule has 0 aliphatic carbocycles. The van der Waals surface area contributed by atoms with Gasteiger partial charge in [-0.25, -0.2) is 39.9 Å². The van der Waals surface area contributed by atoms with Crippen LogP contribution in [0.1, 0.15) is 0 Å². The van der Waals surface area contributed by atoms with Crippen LogP contribution in [0.25, 0.3) is 244 Å². The number of nitrogens with zero attached hydrogens (tertiary/aromatic N) is 8. The first-order valence-electron chi connectivity index (χ1n) is 40.9. The van der Waals surface area contributed by atoms with E-state index in [0.717, 1.165) is 166 Å². The highest BCUT2D eigenvalue weighted by Gasteiger charge is 2.26. The zero-order valence-corrected chi connectivity index (χ0v) is 65.7. The van der Waals surface area contributed by atoms with Crippen molar-refractivity contribution < 1.29 is 8.83 Å². The molecule has 0 atom stereocenters. The summed E-state index contributed by atoms with van der Waals surface area (Å²) in [6.07, 6.45) is 0. The van der Waals surface area contributed by atoms with Gasteiger partial charge in [0, 0.05) is 55.3 Å².